The summed E-state index contributed by atoms with van der Waals surface area (Å²) in [6.45, 7) is 2.59. The van der Waals surface area contributed by atoms with Crippen LogP contribution in [0.15, 0.2) is 42.5 Å². The molecule has 1 N–H and O–H groups in total. The van der Waals surface area contributed by atoms with Crippen LogP contribution in [0, 0.1) is 0 Å². The fraction of sp³-hybridized carbons (Fsp3) is 0.312. The second-order valence-corrected chi connectivity index (χ2v) is 5.02. The number of carbonyl (C=O) groups is 1. The van der Waals surface area contributed by atoms with Crippen LogP contribution in [0.3, 0.4) is 0 Å². The van der Waals surface area contributed by atoms with Gasteiger partial charge in [-0.3, -0.25) is 4.79 Å². The van der Waals surface area contributed by atoms with E-state index < -0.39 is 0 Å². The number of nitrogens with zero attached hydrogens (tertiary/aromatic N) is 1. The maximum absolute atomic E-state index is 11.7. The maximum Gasteiger partial charge on any atom is 0.238 e. The van der Waals surface area contributed by atoms with Gasteiger partial charge in [0.1, 0.15) is 0 Å². The van der Waals surface area contributed by atoms with Crippen molar-refractivity contribution in [2.75, 3.05) is 14.1 Å². The van der Waals surface area contributed by atoms with Crippen molar-refractivity contribution in [2.45, 2.75) is 19.5 Å². The van der Waals surface area contributed by atoms with E-state index in [2.05, 4.69) is 35.6 Å². The predicted molar refractivity (Wildman–Crippen MR) is 78.9 cm³/mol. The smallest absolute Gasteiger partial charge is 0.238 e. The van der Waals surface area contributed by atoms with Gasteiger partial charge < -0.3 is 10.2 Å². The zero-order valence-corrected chi connectivity index (χ0v) is 11.7. The van der Waals surface area contributed by atoms with E-state index in [0.717, 1.165) is 0 Å². The van der Waals surface area contributed by atoms with E-state index in [1.165, 1.54) is 16.3 Å². The quantitative estimate of drug-likeness (QED) is 0.911. The van der Waals surface area contributed by atoms with Gasteiger partial charge in [-0.15, -0.1) is 0 Å². The van der Waals surface area contributed by atoms with Gasteiger partial charge in [-0.05, 0) is 29.3 Å². The molecule has 0 aliphatic rings. The van der Waals surface area contributed by atoms with Crippen LogP contribution in [-0.4, -0.2) is 30.9 Å². The summed E-state index contributed by atoms with van der Waals surface area (Å²) in [5.74, 6) is 0.0980. The molecule has 1 amide bonds. The Morgan fingerprint density at radius 3 is 2.53 bits per heavy atom. The summed E-state index contributed by atoms with van der Waals surface area (Å²) in [4.78, 5) is 13.3. The average Bonchev–Trinajstić information content (AvgIpc) is 2.43. The van der Waals surface area contributed by atoms with Crippen LogP contribution in [0.5, 0.6) is 0 Å². The van der Waals surface area contributed by atoms with E-state index in [9.17, 15) is 4.79 Å². The largest absolute Gasteiger partial charge is 0.347 e. The van der Waals surface area contributed by atoms with E-state index in [1.54, 1.807) is 19.0 Å². The van der Waals surface area contributed by atoms with Crippen LogP contribution in [0.25, 0.3) is 10.8 Å². The molecule has 0 aliphatic heterocycles. The SMILES string of the molecule is CC(NCc1ccc2ccccc2c1)C(=O)N(C)C. The molecular weight excluding hydrogens is 236 g/mol. The van der Waals surface area contributed by atoms with Gasteiger partial charge in [0.2, 0.25) is 5.91 Å². The molecule has 0 saturated carbocycles. The van der Waals surface area contributed by atoms with Gasteiger partial charge in [-0.2, -0.15) is 0 Å². The predicted octanol–water partition coefficient (Wildman–Crippen LogP) is 2.41. The molecule has 2 aromatic carbocycles. The summed E-state index contributed by atoms with van der Waals surface area (Å²) in [5.41, 5.74) is 1.19. The molecule has 0 aromatic heterocycles. The first-order chi connectivity index (χ1) is 9.08. The Balaban J connectivity index is 2.04. The third kappa shape index (κ3) is 3.32. The average molecular weight is 256 g/mol. The van der Waals surface area contributed by atoms with Crippen molar-refractivity contribution in [3.63, 3.8) is 0 Å². The number of nitrogens with one attached hydrogen (secondary N) is 1. The summed E-state index contributed by atoms with van der Waals surface area (Å²) in [6.07, 6.45) is 0. The highest BCUT2D eigenvalue weighted by Gasteiger charge is 2.13. The number of carbonyl (C=O) groups excluding carboxylic acids is 1. The Kier molecular flexibility index (Phi) is 4.17. The summed E-state index contributed by atoms with van der Waals surface area (Å²) in [6, 6.07) is 14.5. The van der Waals surface area contributed by atoms with Crippen molar-refractivity contribution in [1.82, 2.24) is 10.2 Å². The lowest BCUT2D eigenvalue weighted by Gasteiger charge is -2.18. The van der Waals surface area contributed by atoms with E-state index in [-0.39, 0.29) is 11.9 Å². The van der Waals surface area contributed by atoms with Crippen molar-refractivity contribution in [2.24, 2.45) is 0 Å². The van der Waals surface area contributed by atoms with Gasteiger partial charge in [0.25, 0.3) is 0 Å². The van der Waals surface area contributed by atoms with Crippen molar-refractivity contribution in [1.29, 1.82) is 0 Å². The number of amides is 1. The van der Waals surface area contributed by atoms with Crippen molar-refractivity contribution in [3.8, 4) is 0 Å². The topological polar surface area (TPSA) is 32.3 Å². The number of benzene rings is 2. The third-order valence-corrected chi connectivity index (χ3v) is 3.24. The number of likely N-dealkylation sites (N-methyl/N-ethyl adjacent to an activating group) is 1. The second kappa shape index (κ2) is 5.85. The zero-order valence-electron chi connectivity index (χ0n) is 11.7. The van der Waals surface area contributed by atoms with Crippen LogP contribution in [0.1, 0.15) is 12.5 Å². The molecule has 0 bridgehead atoms. The summed E-state index contributed by atoms with van der Waals surface area (Å²) >= 11 is 0. The first kappa shape index (κ1) is 13.6. The van der Waals surface area contributed by atoms with Gasteiger partial charge in [0.15, 0.2) is 0 Å². The van der Waals surface area contributed by atoms with E-state index >= 15 is 0 Å². The summed E-state index contributed by atoms with van der Waals surface area (Å²) in [7, 11) is 3.55. The fourth-order valence-corrected chi connectivity index (χ4v) is 2.09. The zero-order chi connectivity index (χ0) is 13.8. The molecule has 0 spiro atoms. The highest BCUT2D eigenvalue weighted by Crippen LogP contribution is 2.15. The third-order valence-electron chi connectivity index (χ3n) is 3.24. The number of hydrogen-bond acceptors (Lipinski definition) is 2. The molecule has 0 radical (unpaired) electrons. The summed E-state index contributed by atoms with van der Waals surface area (Å²) < 4.78 is 0. The molecule has 0 heterocycles. The lowest BCUT2D eigenvalue weighted by Crippen LogP contribution is -2.41. The Morgan fingerprint density at radius 1 is 1.16 bits per heavy atom. The Bertz CT molecular complexity index is 578. The minimum absolute atomic E-state index is 0.0980. The van der Waals surface area contributed by atoms with Crippen LogP contribution in [-0.2, 0) is 11.3 Å². The second-order valence-electron chi connectivity index (χ2n) is 5.02. The molecular formula is C16H20N2O. The molecule has 3 heteroatoms. The lowest BCUT2D eigenvalue weighted by molar-refractivity contribution is -0.130. The molecule has 2 rings (SSSR count). The molecule has 100 valence electrons. The Labute approximate surface area is 114 Å². The van der Waals surface area contributed by atoms with Gasteiger partial charge in [0.05, 0.1) is 6.04 Å². The van der Waals surface area contributed by atoms with Crippen LogP contribution >= 0.6 is 0 Å². The molecule has 2 aromatic rings. The van der Waals surface area contributed by atoms with Crippen molar-refractivity contribution >= 4 is 16.7 Å². The highest BCUT2D eigenvalue weighted by atomic mass is 16.2. The van der Waals surface area contributed by atoms with Crippen LogP contribution < -0.4 is 5.32 Å². The molecule has 0 fully saturated rings. The van der Waals surface area contributed by atoms with Gasteiger partial charge in [-0.1, -0.05) is 36.4 Å². The van der Waals surface area contributed by atoms with Crippen molar-refractivity contribution in [3.05, 3.63) is 48.0 Å². The van der Waals surface area contributed by atoms with Crippen LogP contribution in [0.4, 0.5) is 0 Å². The molecule has 19 heavy (non-hydrogen) atoms. The Morgan fingerprint density at radius 2 is 1.84 bits per heavy atom. The maximum atomic E-state index is 11.7. The minimum Gasteiger partial charge on any atom is -0.347 e. The van der Waals surface area contributed by atoms with Crippen molar-refractivity contribution < 1.29 is 4.79 Å². The minimum atomic E-state index is -0.165. The molecule has 0 saturated heterocycles. The van der Waals surface area contributed by atoms with E-state index in [4.69, 9.17) is 0 Å². The van der Waals surface area contributed by atoms with Gasteiger partial charge >= 0.3 is 0 Å². The Hall–Kier alpha value is -1.87. The first-order valence-corrected chi connectivity index (χ1v) is 6.50. The highest BCUT2D eigenvalue weighted by molar-refractivity contribution is 5.83. The normalized spacial score (nSPS) is 12.4. The first-order valence-electron chi connectivity index (χ1n) is 6.50. The number of fused-ring (bicyclic) bond motifs is 1. The van der Waals surface area contributed by atoms with E-state index in [1.807, 2.05) is 19.1 Å². The molecule has 0 aliphatic carbocycles. The molecule has 3 nitrogen and oxygen atoms in total. The lowest BCUT2D eigenvalue weighted by atomic mass is 10.1. The number of rotatable bonds is 4. The van der Waals surface area contributed by atoms with Crippen LogP contribution in [0.2, 0.25) is 0 Å². The van der Waals surface area contributed by atoms with Gasteiger partial charge in [0, 0.05) is 20.6 Å². The summed E-state index contributed by atoms with van der Waals surface area (Å²) in [5, 5.41) is 5.72. The standard InChI is InChI=1S/C16H20N2O/c1-12(16(19)18(2)3)17-11-13-8-9-14-6-4-5-7-15(14)10-13/h4-10,12,17H,11H2,1-3H3. The molecule has 1 atom stereocenters. The van der Waals surface area contributed by atoms with E-state index in [0.29, 0.717) is 6.54 Å². The fourth-order valence-electron chi connectivity index (χ4n) is 2.09. The number of hydrogen-bond donors (Lipinski definition) is 1. The monoisotopic (exact) mass is 256 g/mol. The molecule has 1 unspecified atom stereocenters. The van der Waals surface area contributed by atoms with Gasteiger partial charge in [-0.25, -0.2) is 0 Å².